The molecule has 0 atom stereocenters. The van der Waals surface area contributed by atoms with Gasteiger partial charge in [-0.25, -0.2) is 9.38 Å². The number of aromatic nitrogens is 2. The van der Waals surface area contributed by atoms with Crippen molar-refractivity contribution in [2.75, 3.05) is 0 Å². The van der Waals surface area contributed by atoms with Gasteiger partial charge in [0.1, 0.15) is 17.6 Å². The first kappa shape index (κ1) is 18.9. The molecule has 0 saturated carbocycles. The minimum Gasteiger partial charge on any atom is -0.298 e. The number of carbonyl (C=O) groups is 1. The second-order valence-corrected chi connectivity index (χ2v) is 6.24. The Balaban J connectivity index is 1.99. The summed E-state index contributed by atoms with van der Waals surface area (Å²) in [7, 11) is 0. The Kier molecular flexibility index (Phi) is 5.56. The number of rotatable bonds is 6. The molecule has 3 aromatic rings. The second kappa shape index (κ2) is 8.23. The highest BCUT2D eigenvalue weighted by molar-refractivity contribution is 5.99. The molecule has 5 nitrogen and oxygen atoms in total. The highest BCUT2D eigenvalue weighted by Crippen LogP contribution is 2.31. The van der Waals surface area contributed by atoms with Gasteiger partial charge in [-0.1, -0.05) is 30.8 Å². The van der Waals surface area contributed by atoms with Gasteiger partial charge in [0.25, 0.3) is 0 Å². The molecule has 0 radical (unpaired) electrons. The van der Waals surface area contributed by atoms with E-state index in [2.05, 4.69) is 16.7 Å². The smallest absolute Gasteiger partial charge is 0.153 e. The predicted octanol–water partition coefficient (Wildman–Crippen LogP) is 4.56. The topological polar surface area (TPSA) is 71.0 Å². The highest BCUT2D eigenvalue weighted by atomic mass is 19.1. The van der Waals surface area contributed by atoms with Crippen molar-refractivity contribution in [3.8, 4) is 6.07 Å². The van der Waals surface area contributed by atoms with Gasteiger partial charge >= 0.3 is 0 Å². The minimum absolute atomic E-state index is 0.313. The third kappa shape index (κ3) is 4.27. The van der Waals surface area contributed by atoms with Crippen molar-refractivity contribution in [2.24, 2.45) is 4.99 Å². The van der Waals surface area contributed by atoms with Crippen molar-refractivity contribution in [1.29, 1.82) is 5.26 Å². The number of aldehydes is 1. The number of nitriles is 1. The molecule has 0 spiro atoms. The molecule has 0 aliphatic carbocycles. The molecular weight excluding hydrogens is 355 g/mol. The van der Waals surface area contributed by atoms with Gasteiger partial charge in [0.05, 0.1) is 24.0 Å². The molecule has 3 rings (SSSR count). The Bertz CT molecular complexity index is 1100. The molecule has 0 aliphatic rings. The van der Waals surface area contributed by atoms with Crippen LogP contribution in [0.1, 0.15) is 34.0 Å². The van der Waals surface area contributed by atoms with E-state index in [4.69, 9.17) is 5.26 Å². The van der Waals surface area contributed by atoms with E-state index < -0.39 is 0 Å². The van der Waals surface area contributed by atoms with Crippen molar-refractivity contribution in [1.82, 2.24) is 9.78 Å². The summed E-state index contributed by atoms with van der Waals surface area (Å²) in [5.74, 6) is -0.320. The van der Waals surface area contributed by atoms with Crippen LogP contribution in [0.15, 0.2) is 66.4 Å². The van der Waals surface area contributed by atoms with Crippen LogP contribution in [-0.2, 0) is 6.54 Å². The van der Waals surface area contributed by atoms with Crippen LogP contribution in [0.25, 0.3) is 5.57 Å². The molecule has 0 amide bonds. The number of carbonyl (C=O) groups excluding carboxylic acids is 1. The third-order valence-electron chi connectivity index (χ3n) is 4.16. The lowest BCUT2D eigenvalue weighted by atomic mass is 9.96. The van der Waals surface area contributed by atoms with E-state index in [1.54, 1.807) is 29.9 Å². The van der Waals surface area contributed by atoms with Gasteiger partial charge in [0.2, 0.25) is 0 Å². The zero-order valence-corrected chi connectivity index (χ0v) is 15.3. The van der Waals surface area contributed by atoms with Gasteiger partial charge in [-0.05, 0) is 41.8 Å². The molecule has 0 fully saturated rings. The lowest BCUT2D eigenvalue weighted by Gasteiger charge is -2.12. The third-order valence-corrected chi connectivity index (χ3v) is 4.16. The summed E-state index contributed by atoms with van der Waals surface area (Å²) < 4.78 is 14.9. The quantitative estimate of drug-likeness (QED) is 0.470. The van der Waals surface area contributed by atoms with E-state index in [1.165, 1.54) is 18.3 Å². The zero-order chi connectivity index (χ0) is 20.1. The van der Waals surface area contributed by atoms with Gasteiger partial charge in [-0.2, -0.15) is 10.4 Å². The Morgan fingerprint density at radius 2 is 2.07 bits per heavy atom. The Morgan fingerprint density at radius 3 is 2.71 bits per heavy atom. The van der Waals surface area contributed by atoms with Gasteiger partial charge in [0, 0.05) is 11.8 Å². The first-order chi connectivity index (χ1) is 13.5. The first-order valence-electron chi connectivity index (χ1n) is 8.51. The summed E-state index contributed by atoms with van der Waals surface area (Å²) in [6.45, 7) is 6.19. The Morgan fingerprint density at radius 1 is 1.32 bits per heavy atom. The summed E-state index contributed by atoms with van der Waals surface area (Å²) in [6, 6.07) is 13.7. The summed E-state index contributed by atoms with van der Waals surface area (Å²) in [4.78, 5) is 15.2. The molecule has 0 unspecified atom stereocenters. The molecule has 6 heteroatoms. The summed E-state index contributed by atoms with van der Waals surface area (Å²) in [5, 5.41) is 13.3. The van der Waals surface area contributed by atoms with Gasteiger partial charge in [0.15, 0.2) is 6.29 Å². The molecule has 138 valence electrons. The monoisotopic (exact) mass is 372 g/mol. The van der Waals surface area contributed by atoms with Crippen molar-refractivity contribution in [3.05, 3.63) is 89.5 Å². The van der Waals surface area contributed by atoms with Crippen LogP contribution in [0.5, 0.6) is 0 Å². The molecule has 0 aliphatic heterocycles. The highest BCUT2D eigenvalue weighted by Gasteiger charge is 2.11. The molecule has 28 heavy (non-hydrogen) atoms. The van der Waals surface area contributed by atoms with Crippen LogP contribution < -0.4 is 0 Å². The molecular formula is C22H17FN4O. The van der Waals surface area contributed by atoms with E-state index in [1.807, 2.05) is 24.3 Å². The maximum atomic E-state index is 13.2. The van der Waals surface area contributed by atoms with Crippen LogP contribution in [0.4, 0.5) is 10.1 Å². The number of aliphatic imine (C=N–C) groups is 1. The van der Waals surface area contributed by atoms with E-state index in [9.17, 15) is 9.18 Å². The fourth-order valence-electron chi connectivity index (χ4n) is 2.75. The average molecular weight is 372 g/mol. The largest absolute Gasteiger partial charge is 0.298 e. The number of hydrogen-bond donors (Lipinski definition) is 0. The van der Waals surface area contributed by atoms with Crippen LogP contribution in [0.3, 0.4) is 0 Å². The van der Waals surface area contributed by atoms with Gasteiger partial charge < -0.3 is 0 Å². The van der Waals surface area contributed by atoms with Crippen molar-refractivity contribution >= 4 is 23.3 Å². The Labute approximate surface area is 162 Å². The predicted molar refractivity (Wildman–Crippen MR) is 106 cm³/mol. The zero-order valence-electron chi connectivity index (χ0n) is 15.3. The molecule has 1 heterocycles. The lowest BCUT2D eigenvalue weighted by molar-refractivity contribution is 0.112. The molecule has 0 bridgehead atoms. The van der Waals surface area contributed by atoms with E-state index in [-0.39, 0.29) is 5.82 Å². The van der Waals surface area contributed by atoms with E-state index in [0.29, 0.717) is 29.1 Å². The number of halogens is 1. The van der Waals surface area contributed by atoms with Crippen molar-refractivity contribution in [2.45, 2.75) is 13.5 Å². The minimum atomic E-state index is -0.320. The maximum Gasteiger partial charge on any atom is 0.153 e. The molecule has 1 aromatic heterocycles. The second-order valence-electron chi connectivity index (χ2n) is 6.24. The van der Waals surface area contributed by atoms with Crippen molar-refractivity contribution < 1.29 is 9.18 Å². The SMILES string of the molecule is C=C(c1ccc(F)cc1)c1ccc(Cn2cc(C=O)cn2)cc1N=C(C)C#N. The Hall–Kier alpha value is -3.85. The fraction of sp³-hybridized carbons (Fsp3) is 0.0909. The van der Waals surface area contributed by atoms with Crippen LogP contribution >= 0.6 is 0 Å². The summed E-state index contributed by atoms with van der Waals surface area (Å²) >= 11 is 0. The average Bonchev–Trinajstić information content (AvgIpc) is 3.15. The number of hydrogen-bond acceptors (Lipinski definition) is 4. The lowest BCUT2D eigenvalue weighted by Crippen LogP contribution is -2.00. The number of benzene rings is 2. The van der Waals surface area contributed by atoms with Crippen molar-refractivity contribution in [3.63, 3.8) is 0 Å². The molecule has 2 aromatic carbocycles. The maximum absolute atomic E-state index is 13.2. The normalized spacial score (nSPS) is 11.1. The van der Waals surface area contributed by atoms with Crippen LogP contribution in [0.2, 0.25) is 0 Å². The first-order valence-corrected chi connectivity index (χ1v) is 8.51. The molecule has 0 N–H and O–H groups in total. The van der Waals surface area contributed by atoms with E-state index in [0.717, 1.165) is 23.0 Å². The summed E-state index contributed by atoms with van der Waals surface area (Å²) in [6.07, 6.45) is 3.89. The fourth-order valence-corrected chi connectivity index (χ4v) is 2.75. The van der Waals surface area contributed by atoms with E-state index >= 15 is 0 Å². The molecule has 0 saturated heterocycles. The van der Waals surface area contributed by atoms with Crippen LogP contribution in [-0.4, -0.2) is 21.8 Å². The van der Waals surface area contributed by atoms with Gasteiger partial charge in [-0.15, -0.1) is 0 Å². The standard InChI is InChI=1S/C22H17FN4O/c1-15(10-24)26-22-9-17(12-27-13-18(14-28)11-25-27)3-8-21(22)16(2)19-4-6-20(23)7-5-19/h3-9,11,13-14H,2,12H2,1H3. The van der Waals surface area contributed by atoms with Crippen LogP contribution in [0, 0.1) is 17.1 Å². The number of nitrogens with zero attached hydrogens (tertiary/aromatic N) is 4. The van der Waals surface area contributed by atoms with Gasteiger partial charge in [-0.3, -0.25) is 9.48 Å². The summed E-state index contributed by atoms with van der Waals surface area (Å²) in [5.41, 5.74) is 4.50.